The molecule has 1 aliphatic carbocycles. The molecule has 0 aliphatic heterocycles. The number of hydrogen-bond acceptors (Lipinski definition) is 3. The van der Waals surface area contributed by atoms with Gasteiger partial charge in [-0.2, -0.15) is 5.26 Å². The Morgan fingerprint density at radius 3 is 2.44 bits per heavy atom. The van der Waals surface area contributed by atoms with Crippen LogP contribution in [0.3, 0.4) is 0 Å². The van der Waals surface area contributed by atoms with Crippen LogP contribution in [0.15, 0.2) is 24.4 Å². The fourth-order valence-corrected chi connectivity index (χ4v) is 3.40. The molecule has 134 valence electrons. The number of ether oxygens (including phenoxy) is 1. The van der Waals surface area contributed by atoms with Gasteiger partial charge in [0.2, 0.25) is 0 Å². The molecule has 0 bridgehead atoms. The van der Waals surface area contributed by atoms with Crippen molar-refractivity contribution in [2.24, 2.45) is 7.05 Å². The summed E-state index contributed by atoms with van der Waals surface area (Å²) in [5, 5.41) is 9.36. The summed E-state index contributed by atoms with van der Waals surface area (Å²) in [7, 11) is 2.08. The standard InChI is InChI=1S/C18H20ClN3O.C2H6/c1-12-11-21-18(22(12)2)13-3-6-15(7-4-13)23-16-8-5-14(10-20)17(19)9-16;1-2/h5,8-9,11,13,15H,3-4,6-7H2,1-2H3;1-2H3. The van der Waals surface area contributed by atoms with E-state index < -0.39 is 0 Å². The van der Waals surface area contributed by atoms with Crippen molar-refractivity contribution in [3.8, 4) is 11.8 Å². The van der Waals surface area contributed by atoms with E-state index in [4.69, 9.17) is 21.6 Å². The van der Waals surface area contributed by atoms with E-state index in [2.05, 4.69) is 29.6 Å². The Morgan fingerprint density at radius 2 is 1.92 bits per heavy atom. The molecular formula is C20H26ClN3O. The molecule has 1 aromatic carbocycles. The van der Waals surface area contributed by atoms with Crippen molar-refractivity contribution in [2.75, 3.05) is 0 Å². The molecule has 0 unspecified atom stereocenters. The molecule has 1 heterocycles. The molecule has 25 heavy (non-hydrogen) atoms. The Morgan fingerprint density at radius 1 is 1.24 bits per heavy atom. The lowest BCUT2D eigenvalue weighted by Crippen LogP contribution is -2.24. The third-order valence-electron chi connectivity index (χ3n) is 4.66. The predicted molar refractivity (Wildman–Crippen MR) is 101 cm³/mol. The predicted octanol–water partition coefficient (Wildman–Crippen LogP) is 5.39. The van der Waals surface area contributed by atoms with Crippen molar-refractivity contribution in [1.82, 2.24) is 9.55 Å². The summed E-state index contributed by atoms with van der Waals surface area (Å²) < 4.78 is 8.22. The van der Waals surface area contributed by atoms with Gasteiger partial charge in [-0.25, -0.2) is 4.98 Å². The van der Waals surface area contributed by atoms with Gasteiger partial charge in [-0.1, -0.05) is 25.4 Å². The average Bonchev–Trinajstić information content (AvgIpc) is 2.97. The molecule has 5 heteroatoms. The molecule has 0 atom stereocenters. The summed E-state index contributed by atoms with van der Waals surface area (Å²) in [6, 6.07) is 7.32. The maximum absolute atomic E-state index is 8.91. The molecule has 1 fully saturated rings. The Kier molecular flexibility index (Phi) is 6.90. The first kappa shape index (κ1) is 19.3. The SMILES string of the molecule is CC.Cc1cnc(C2CCC(Oc3ccc(C#N)c(Cl)c3)CC2)n1C. The zero-order chi connectivity index (χ0) is 18.4. The van der Waals surface area contributed by atoms with Crippen LogP contribution in [0.2, 0.25) is 5.02 Å². The Labute approximate surface area is 155 Å². The largest absolute Gasteiger partial charge is 0.490 e. The number of benzene rings is 1. The smallest absolute Gasteiger partial charge is 0.121 e. The topological polar surface area (TPSA) is 50.8 Å². The quantitative estimate of drug-likeness (QED) is 0.738. The van der Waals surface area contributed by atoms with E-state index in [0.717, 1.165) is 31.4 Å². The third kappa shape index (κ3) is 4.55. The number of aryl methyl sites for hydroxylation is 1. The van der Waals surface area contributed by atoms with Crippen LogP contribution >= 0.6 is 11.6 Å². The Bertz CT molecular complexity index is 740. The van der Waals surface area contributed by atoms with Gasteiger partial charge in [0.05, 0.1) is 16.7 Å². The highest BCUT2D eigenvalue weighted by Gasteiger charge is 2.26. The fourth-order valence-electron chi connectivity index (χ4n) is 3.18. The summed E-state index contributed by atoms with van der Waals surface area (Å²) in [6.07, 6.45) is 6.33. The first-order chi connectivity index (χ1) is 12.1. The molecule has 1 aromatic heterocycles. The van der Waals surface area contributed by atoms with Crippen molar-refractivity contribution in [3.05, 3.63) is 46.5 Å². The van der Waals surface area contributed by atoms with Gasteiger partial charge >= 0.3 is 0 Å². The van der Waals surface area contributed by atoms with E-state index >= 15 is 0 Å². The molecule has 0 spiro atoms. The monoisotopic (exact) mass is 359 g/mol. The zero-order valence-electron chi connectivity index (χ0n) is 15.4. The molecule has 1 saturated carbocycles. The molecule has 0 radical (unpaired) electrons. The van der Waals surface area contributed by atoms with Crippen LogP contribution < -0.4 is 4.74 Å². The summed E-state index contributed by atoms with van der Waals surface area (Å²) in [5.41, 5.74) is 1.68. The number of imidazole rings is 1. The van der Waals surface area contributed by atoms with Gasteiger partial charge in [-0.3, -0.25) is 0 Å². The number of nitrogens with zero attached hydrogens (tertiary/aromatic N) is 3. The van der Waals surface area contributed by atoms with Crippen LogP contribution in [0.1, 0.15) is 62.5 Å². The molecule has 1 aliphatic rings. The number of rotatable bonds is 3. The lowest BCUT2D eigenvalue weighted by atomic mass is 9.86. The van der Waals surface area contributed by atoms with Crippen molar-refractivity contribution in [2.45, 2.75) is 58.5 Å². The van der Waals surface area contributed by atoms with Crippen LogP contribution in [0.5, 0.6) is 5.75 Å². The van der Waals surface area contributed by atoms with Crippen molar-refractivity contribution in [3.63, 3.8) is 0 Å². The maximum Gasteiger partial charge on any atom is 0.121 e. The second-order valence-corrected chi connectivity index (χ2v) is 6.57. The highest BCUT2D eigenvalue weighted by atomic mass is 35.5. The van der Waals surface area contributed by atoms with Gasteiger partial charge in [0.25, 0.3) is 0 Å². The van der Waals surface area contributed by atoms with Gasteiger partial charge in [0, 0.05) is 30.9 Å². The second kappa shape index (κ2) is 8.92. The minimum Gasteiger partial charge on any atom is -0.490 e. The number of nitriles is 1. The Hall–Kier alpha value is -1.99. The highest BCUT2D eigenvalue weighted by molar-refractivity contribution is 6.31. The maximum atomic E-state index is 8.91. The Balaban J connectivity index is 0.00000109. The molecule has 0 saturated heterocycles. The van der Waals surface area contributed by atoms with E-state index in [1.165, 1.54) is 11.5 Å². The fraction of sp³-hybridized carbons (Fsp3) is 0.500. The first-order valence-corrected chi connectivity index (χ1v) is 9.30. The van der Waals surface area contributed by atoms with Crippen molar-refractivity contribution >= 4 is 11.6 Å². The van der Waals surface area contributed by atoms with E-state index in [1.807, 2.05) is 26.1 Å². The lowest BCUT2D eigenvalue weighted by Gasteiger charge is -2.28. The van der Waals surface area contributed by atoms with Crippen LogP contribution in [0.25, 0.3) is 0 Å². The number of hydrogen-bond donors (Lipinski definition) is 0. The van der Waals surface area contributed by atoms with Crippen LogP contribution in [0.4, 0.5) is 0 Å². The minimum absolute atomic E-state index is 0.205. The normalized spacial score (nSPS) is 19.5. The first-order valence-electron chi connectivity index (χ1n) is 8.93. The van der Waals surface area contributed by atoms with E-state index in [1.54, 1.807) is 12.1 Å². The number of aromatic nitrogens is 2. The van der Waals surface area contributed by atoms with Crippen LogP contribution in [-0.4, -0.2) is 15.7 Å². The summed E-state index contributed by atoms with van der Waals surface area (Å²) in [4.78, 5) is 4.55. The molecule has 4 nitrogen and oxygen atoms in total. The van der Waals surface area contributed by atoms with Crippen molar-refractivity contribution in [1.29, 1.82) is 5.26 Å². The highest BCUT2D eigenvalue weighted by Crippen LogP contribution is 2.34. The summed E-state index contributed by atoms with van der Waals surface area (Å²) >= 11 is 6.06. The van der Waals surface area contributed by atoms with E-state index in [-0.39, 0.29) is 6.10 Å². The minimum atomic E-state index is 0.205. The van der Waals surface area contributed by atoms with Gasteiger partial charge < -0.3 is 9.30 Å². The summed E-state index contributed by atoms with van der Waals surface area (Å²) in [6.45, 7) is 6.08. The zero-order valence-corrected chi connectivity index (χ0v) is 16.2. The average molecular weight is 360 g/mol. The van der Waals surface area contributed by atoms with Gasteiger partial charge in [-0.05, 0) is 44.7 Å². The van der Waals surface area contributed by atoms with Gasteiger partial charge in [0.1, 0.15) is 17.6 Å². The summed E-state index contributed by atoms with van der Waals surface area (Å²) in [5.74, 6) is 2.44. The molecule has 0 amide bonds. The molecule has 3 rings (SSSR count). The molecule has 2 aromatic rings. The van der Waals surface area contributed by atoms with Gasteiger partial charge in [-0.15, -0.1) is 0 Å². The van der Waals surface area contributed by atoms with E-state index in [9.17, 15) is 0 Å². The lowest BCUT2D eigenvalue weighted by molar-refractivity contribution is 0.144. The number of halogens is 1. The van der Waals surface area contributed by atoms with E-state index in [0.29, 0.717) is 16.5 Å². The van der Waals surface area contributed by atoms with Crippen LogP contribution in [0, 0.1) is 18.3 Å². The second-order valence-electron chi connectivity index (χ2n) is 6.16. The van der Waals surface area contributed by atoms with Crippen LogP contribution in [-0.2, 0) is 7.05 Å². The van der Waals surface area contributed by atoms with Crippen molar-refractivity contribution < 1.29 is 4.74 Å². The molecular weight excluding hydrogens is 334 g/mol. The van der Waals surface area contributed by atoms with Gasteiger partial charge in [0.15, 0.2) is 0 Å². The molecule has 0 N–H and O–H groups in total. The third-order valence-corrected chi connectivity index (χ3v) is 4.97.